The highest BCUT2D eigenvalue weighted by molar-refractivity contribution is 5.86. The van der Waals surface area contributed by atoms with Crippen molar-refractivity contribution in [1.29, 1.82) is 0 Å². The lowest BCUT2D eigenvalue weighted by Crippen LogP contribution is -2.15. The van der Waals surface area contributed by atoms with Crippen molar-refractivity contribution in [2.75, 3.05) is 0 Å². The van der Waals surface area contributed by atoms with Gasteiger partial charge < -0.3 is 0 Å². The maximum absolute atomic E-state index is 4.96. The van der Waals surface area contributed by atoms with Crippen LogP contribution < -0.4 is 0 Å². The van der Waals surface area contributed by atoms with Crippen LogP contribution in [-0.4, -0.2) is 15.0 Å². The molecule has 3 heteroatoms. The molecule has 41 heavy (non-hydrogen) atoms. The van der Waals surface area contributed by atoms with Crippen LogP contribution in [0, 0.1) is 0 Å². The van der Waals surface area contributed by atoms with Crippen LogP contribution in [0.1, 0.15) is 36.1 Å². The molecule has 1 heterocycles. The van der Waals surface area contributed by atoms with E-state index in [0.29, 0.717) is 17.5 Å². The summed E-state index contributed by atoms with van der Waals surface area (Å²) in [6.07, 6.45) is 0. The molecule has 0 saturated heterocycles. The first-order chi connectivity index (χ1) is 20.0. The third-order valence-corrected chi connectivity index (χ3v) is 8.10. The minimum Gasteiger partial charge on any atom is -0.208 e. The van der Waals surface area contributed by atoms with Gasteiger partial charge in [-0.25, -0.2) is 15.0 Å². The molecular formula is C38H29N3. The van der Waals surface area contributed by atoms with E-state index in [4.69, 9.17) is 15.0 Å². The summed E-state index contributed by atoms with van der Waals surface area (Å²) < 4.78 is 0. The molecule has 0 spiro atoms. The van der Waals surface area contributed by atoms with Gasteiger partial charge in [0, 0.05) is 22.1 Å². The average molecular weight is 528 g/mol. The third kappa shape index (κ3) is 4.36. The van der Waals surface area contributed by atoms with Gasteiger partial charge in [-0.1, -0.05) is 136 Å². The summed E-state index contributed by atoms with van der Waals surface area (Å²) in [6, 6.07) is 44.0. The summed E-state index contributed by atoms with van der Waals surface area (Å²) in [4.78, 5) is 14.8. The number of aromatic nitrogens is 3. The zero-order valence-electron chi connectivity index (χ0n) is 23.2. The minimum absolute atomic E-state index is 0.189. The van der Waals surface area contributed by atoms with Crippen molar-refractivity contribution >= 4 is 5.57 Å². The minimum atomic E-state index is -0.189. The van der Waals surface area contributed by atoms with Gasteiger partial charge in [-0.05, 0) is 51.1 Å². The fourth-order valence-electron chi connectivity index (χ4n) is 5.81. The molecule has 7 rings (SSSR count). The van der Waals surface area contributed by atoms with Gasteiger partial charge in [0.1, 0.15) is 0 Å². The van der Waals surface area contributed by atoms with Crippen molar-refractivity contribution in [2.24, 2.45) is 0 Å². The van der Waals surface area contributed by atoms with Crippen LogP contribution in [-0.2, 0) is 5.41 Å². The first-order valence-electron chi connectivity index (χ1n) is 13.9. The Bertz CT molecular complexity index is 1850. The van der Waals surface area contributed by atoms with Gasteiger partial charge in [0.05, 0.1) is 0 Å². The second-order valence-corrected chi connectivity index (χ2v) is 11.0. The highest BCUT2D eigenvalue weighted by Crippen LogP contribution is 2.50. The quantitative estimate of drug-likeness (QED) is 0.224. The molecule has 0 radical (unpaired) electrons. The Morgan fingerprint density at radius 3 is 1.51 bits per heavy atom. The van der Waals surface area contributed by atoms with Gasteiger partial charge >= 0.3 is 0 Å². The van der Waals surface area contributed by atoms with Crippen molar-refractivity contribution in [1.82, 2.24) is 15.0 Å². The number of rotatable bonds is 5. The smallest absolute Gasteiger partial charge is 0.164 e. The predicted molar refractivity (Wildman–Crippen MR) is 168 cm³/mol. The normalized spacial score (nSPS) is 12.9. The highest BCUT2D eigenvalue weighted by Gasteiger charge is 2.36. The standard InChI is InChI=1S/C38H29N3/c1-25(26-13-7-4-8-14-26)29-19-21-31-32-22-20-30(24-34(32)38(2,3)33(31)23-29)37-40-35(27-15-9-5-10-16-27)39-36(41-37)28-17-11-6-12-18-28/h4-24H,1H2,2-3H3. The third-order valence-electron chi connectivity index (χ3n) is 8.10. The van der Waals surface area contributed by atoms with Gasteiger partial charge in [-0.3, -0.25) is 0 Å². The molecule has 1 aromatic heterocycles. The Morgan fingerprint density at radius 1 is 0.488 bits per heavy atom. The van der Waals surface area contributed by atoms with Crippen LogP contribution in [0.15, 0.2) is 134 Å². The molecule has 5 aromatic carbocycles. The molecule has 0 atom stereocenters. The van der Waals surface area contributed by atoms with Gasteiger partial charge in [0.25, 0.3) is 0 Å². The molecule has 0 N–H and O–H groups in total. The van der Waals surface area contributed by atoms with E-state index in [-0.39, 0.29) is 5.41 Å². The van der Waals surface area contributed by atoms with Gasteiger partial charge in [0.2, 0.25) is 0 Å². The molecule has 1 aliphatic carbocycles. The molecule has 6 aromatic rings. The molecule has 1 aliphatic rings. The zero-order valence-corrected chi connectivity index (χ0v) is 23.2. The van der Waals surface area contributed by atoms with E-state index in [2.05, 4.69) is 81.1 Å². The Labute approximate surface area is 241 Å². The van der Waals surface area contributed by atoms with E-state index < -0.39 is 0 Å². The highest BCUT2D eigenvalue weighted by atomic mass is 15.0. The number of benzene rings is 5. The van der Waals surface area contributed by atoms with Crippen LogP contribution >= 0.6 is 0 Å². The van der Waals surface area contributed by atoms with Crippen LogP contribution in [0.3, 0.4) is 0 Å². The molecular weight excluding hydrogens is 498 g/mol. The van der Waals surface area contributed by atoms with Crippen molar-refractivity contribution in [2.45, 2.75) is 19.3 Å². The van der Waals surface area contributed by atoms with E-state index in [1.807, 2.05) is 66.7 Å². The number of nitrogens with zero attached hydrogens (tertiary/aromatic N) is 3. The molecule has 0 unspecified atom stereocenters. The largest absolute Gasteiger partial charge is 0.208 e. The van der Waals surface area contributed by atoms with Crippen molar-refractivity contribution in [3.63, 3.8) is 0 Å². The number of hydrogen-bond donors (Lipinski definition) is 0. The Balaban J connectivity index is 1.33. The molecule has 0 saturated carbocycles. The summed E-state index contributed by atoms with van der Waals surface area (Å²) in [7, 11) is 0. The van der Waals surface area contributed by atoms with E-state index in [0.717, 1.165) is 33.4 Å². The SMILES string of the molecule is C=C(c1ccccc1)c1ccc2c(c1)C(C)(C)c1cc(-c3nc(-c4ccccc4)nc(-c4ccccc4)n3)ccc1-2. The fraction of sp³-hybridized carbons (Fsp3) is 0.0789. The van der Waals surface area contributed by atoms with Crippen molar-refractivity contribution < 1.29 is 0 Å². The van der Waals surface area contributed by atoms with E-state index >= 15 is 0 Å². The average Bonchev–Trinajstić information content (AvgIpc) is 3.27. The topological polar surface area (TPSA) is 38.7 Å². The Morgan fingerprint density at radius 2 is 0.951 bits per heavy atom. The lowest BCUT2D eigenvalue weighted by molar-refractivity contribution is 0.660. The monoisotopic (exact) mass is 527 g/mol. The summed E-state index contributed by atoms with van der Waals surface area (Å²) >= 11 is 0. The molecule has 0 fully saturated rings. The van der Waals surface area contributed by atoms with E-state index in [9.17, 15) is 0 Å². The zero-order chi connectivity index (χ0) is 28.0. The maximum Gasteiger partial charge on any atom is 0.164 e. The maximum atomic E-state index is 4.96. The first kappa shape index (κ1) is 24.9. The molecule has 0 aliphatic heterocycles. The lowest BCUT2D eigenvalue weighted by atomic mass is 9.81. The van der Waals surface area contributed by atoms with Crippen LogP contribution in [0.4, 0.5) is 0 Å². The number of fused-ring (bicyclic) bond motifs is 3. The second kappa shape index (κ2) is 9.79. The van der Waals surface area contributed by atoms with E-state index in [1.165, 1.54) is 22.3 Å². The van der Waals surface area contributed by atoms with Gasteiger partial charge in [-0.2, -0.15) is 0 Å². The predicted octanol–water partition coefficient (Wildman–Crippen LogP) is 9.24. The van der Waals surface area contributed by atoms with Crippen LogP contribution in [0.2, 0.25) is 0 Å². The number of hydrogen-bond acceptors (Lipinski definition) is 3. The lowest BCUT2D eigenvalue weighted by Gasteiger charge is -2.23. The molecule has 0 amide bonds. The summed E-state index contributed by atoms with van der Waals surface area (Å²) in [6.45, 7) is 9.02. The molecule has 3 nitrogen and oxygen atoms in total. The summed E-state index contributed by atoms with van der Waals surface area (Å²) in [5.74, 6) is 2.01. The Hall–Kier alpha value is -5.15. The van der Waals surface area contributed by atoms with Crippen LogP contribution in [0.25, 0.3) is 50.9 Å². The first-order valence-corrected chi connectivity index (χ1v) is 13.9. The van der Waals surface area contributed by atoms with Crippen molar-refractivity contribution in [3.8, 4) is 45.3 Å². The van der Waals surface area contributed by atoms with Gasteiger partial charge in [0.15, 0.2) is 17.5 Å². The van der Waals surface area contributed by atoms with Gasteiger partial charge in [-0.15, -0.1) is 0 Å². The summed E-state index contributed by atoms with van der Waals surface area (Å²) in [5, 5.41) is 0. The Kier molecular flexibility index (Phi) is 5.94. The van der Waals surface area contributed by atoms with E-state index in [1.54, 1.807) is 0 Å². The van der Waals surface area contributed by atoms with Crippen LogP contribution in [0.5, 0.6) is 0 Å². The van der Waals surface area contributed by atoms with Crippen molar-refractivity contribution in [3.05, 3.63) is 156 Å². The summed E-state index contributed by atoms with van der Waals surface area (Å²) in [5.41, 5.74) is 11.2. The molecule has 196 valence electrons. The fourth-order valence-corrected chi connectivity index (χ4v) is 5.81. The second-order valence-electron chi connectivity index (χ2n) is 11.0. The molecule has 0 bridgehead atoms.